The van der Waals surface area contributed by atoms with Crippen LogP contribution in [0.2, 0.25) is 0 Å². The Kier molecular flexibility index (Phi) is 4.81. The molecule has 4 rings (SSSR count). The van der Waals surface area contributed by atoms with Crippen molar-refractivity contribution in [3.05, 3.63) is 66.6 Å². The van der Waals surface area contributed by atoms with Crippen LogP contribution >= 0.6 is 0 Å². The average molecular weight is 399 g/mol. The molecule has 0 saturated carbocycles. The number of hydrogen-bond donors (Lipinski definition) is 0. The number of benzene rings is 1. The molecule has 6 heteroatoms. The Bertz CT molecular complexity index is 1040. The molecule has 4 aromatic rings. The van der Waals surface area contributed by atoms with Crippen molar-refractivity contribution in [2.24, 2.45) is 0 Å². The SMILES string of the molecule is CCOC(=O)c1nc2c(cc1-[n+]1ccccc1)oc1ccccc12.[Br-]. The second-order valence-corrected chi connectivity index (χ2v) is 5.30. The number of furan rings is 1. The standard InChI is InChI=1S/C19H15N2O3.BrH/c1-2-23-19(22)18-14(21-10-6-3-7-11-21)12-16-17(20-18)13-8-4-5-9-15(13)24-16;/h3-12H,2H2,1H3;1H/q+1;/p-1. The summed E-state index contributed by atoms with van der Waals surface area (Å²) in [5, 5.41) is 0.877. The number of hydrogen-bond acceptors (Lipinski definition) is 4. The summed E-state index contributed by atoms with van der Waals surface area (Å²) < 4.78 is 12.9. The molecule has 0 spiro atoms. The molecular formula is C19H15BrN2O3. The Morgan fingerprint density at radius 1 is 1.12 bits per heavy atom. The van der Waals surface area contributed by atoms with Gasteiger partial charge in [-0.25, -0.2) is 9.78 Å². The molecule has 126 valence electrons. The van der Waals surface area contributed by atoms with Crippen LogP contribution in [0, 0.1) is 0 Å². The van der Waals surface area contributed by atoms with Crippen molar-refractivity contribution in [3.8, 4) is 5.69 Å². The van der Waals surface area contributed by atoms with Gasteiger partial charge in [0.25, 0.3) is 0 Å². The highest BCUT2D eigenvalue weighted by atomic mass is 79.9. The highest BCUT2D eigenvalue weighted by Gasteiger charge is 2.25. The van der Waals surface area contributed by atoms with Crippen molar-refractivity contribution < 1.29 is 35.5 Å². The first-order valence-corrected chi connectivity index (χ1v) is 7.74. The van der Waals surface area contributed by atoms with Gasteiger partial charge in [-0.15, -0.1) is 0 Å². The highest BCUT2D eigenvalue weighted by Crippen LogP contribution is 2.28. The third kappa shape index (κ3) is 3.00. The minimum absolute atomic E-state index is 0. The number of ether oxygens (including phenoxy) is 1. The first kappa shape index (κ1) is 17.1. The first-order chi connectivity index (χ1) is 11.8. The molecule has 0 aliphatic heterocycles. The Balaban J connectivity index is 0.00000182. The van der Waals surface area contributed by atoms with Crippen molar-refractivity contribution in [2.45, 2.75) is 6.92 Å². The van der Waals surface area contributed by atoms with Crippen molar-refractivity contribution >= 4 is 28.0 Å². The minimum Gasteiger partial charge on any atom is -1.00 e. The lowest BCUT2D eigenvalue weighted by atomic mass is 10.2. The minimum atomic E-state index is -0.448. The fourth-order valence-corrected chi connectivity index (χ4v) is 2.73. The molecular weight excluding hydrogens is 384 g/mol. The van der Waals surface area contributed by atoms with Crippen LogP contribution in [0.25, 0.3) is 27.8 Å². The summed E-state index contributed by atoms with van der Waals surface area (Å²) in [6, 6.07) is 15.2. The summed E-state index contributed by atoms with van der Waals surface area (Å²) in [6.07, 6.45) is 3.71. The molecule has 0 unspecified atom stereocenters. The molecule has 0 amide bonds. The topological polar surface area (TPSA) is 56.2 Å². The van der Waals surface area contributed by atoms with Gasteiger partial charge in [0.1, 0.15) is 11.1 Å². The average Bonchev–Trinajstić information content (AvgIpc) is 2.99. The monoisotopic (exact) mass is 398 g/mol. The van der Waals surface area contributed by atoms with Crippen molar-refractivity contribution in [3.63, 3.8) is 0 Å². The van der Waals surface area contributed by atoms with E-state index in [-0.39, 0.29) is 22.7 Å². The van der Waals surface area contributed by atoms with Crippen LogP contribution in [0.3, 0.4) is 0 Å². The van der Waals surface area contributed by atoms with Gasteiger partial charge in [0.15, 0.2) is 18.0 Å². The molecule has 5 nitrogen and oxygen atoms in total. The molecule has 3 heterocycles. The van der Waals surface area contributed by atoms with E-state index >= 15 is 0 Å². The molecule has 1 aromatic carbocycles. The van der Waals surface area contributed by atoms with Gasteiger partial charge < -0.3 is 26.1 Å². The molecule has 0 aliphatic carbocycles. The number of nitrogens with zero attached hydrogens (tertiary/aromatic N) is 2. The van der Waals surface area contributed by atoms with Crippen LogP contribution in [0.1, 0.15) is 17.4 Å². The lowest BCUT2D eigenvalue weighted by Gasteiger charge is -2.04. The van der Waals surface area contributed by atoms with Crippen LogP contribution in [0.5, 0.6) is 0 Å². The van der Waals surface area contributed by atoms with E-state index in [0.29, 0.717) is 23.4 Å². The summed E-state index contributed by atoms with van der Waals surface area (Å²) >= 11 is 0. The lowest BCUT2D eigenvalue weighted by Crippen LogP contribution is -3.00. The molecule has 0 aliphatic rings. The number of fused-ring (bicyclic) bond motifs is 3. The number of rotatable bonds is 3. The molecule has 25 heavy (non-hydrogen) atoms. The van der Waals surface area contributed by atoms with E-state index in [1.807, 2.05) is 65.5 Å². The molecule has 0 fully saturated rings. The third-order valence-electron chi connectivity index (χ3n) is 3.79. The Hall–Kier alpha value is -2.73. The van der Waals surface area contributed by atoms with Gasteiger partial charge in [0.05, 0.1) is 12.7 Å². The number of pyridine rings is 2. The maximum atomic E-state index is 12.4. The smallest absolute Gasteiger partial charge is 0.363 e. The lowest BCUT2D eigenvalue weighted by molar-refractivity contribution is -0.596. The number of esters is 1. The molecule has 0 N–H and O–H groups in total. The summed E-state index contributed by atoms with van der Waals surface area (Å²) in [5.74, 6) is -0.448. The molecule has 0 atom stereocenters. The quantitative estimate of drug-likeness (QED) is 0.371. The summed E-state index contributed by atoms with van der Waals surface area (Å²) in [5.41, 5.74) is 2.93. The second-order valence-electron chi connectivity index (χ2n) is 5.30. The number of carbonyl (C=O) groups is 1. The Labute approximate surface area is 154 Å². The Morgan fingerprint density at radius 3 is 2.64 bits per heavy atom. The van der Waals surface area contributed by atoms with E-state index in [1.165, 1.54) is 0 Å². The summed E-state index contributed by atoms with van der Waals surface area (Å²) in [4.78, 5) is 17.0. The van der Waals surface area contributed by atoms with Crippen molar-refractivity contribution in [1.29, 1.82) is 0 Å². The van der Waals surface area contributed by atoms with Crippen LogP contribution in [-0.4, -0.2) is 17.6 Å². The Morgan fingerprint density at radius 2 is 1.88 bits per heavy atom. The van der Waals surface area contributed by atoms with Crippen LogP contribution in [-0.2, 0) is 4.74 Å². The third-order valence-corrected chi connectivity index (χ3v) is 3.79. The van der Waals surface area contributed by atoms with Gasteiger partial charge in [-0.3, -0.25) is 0 Å². The van der Waals surface area contributed by atoms with E-state index in [9.17, 15) is 4.79 Å². The van der Waals surface area contributed by atoms with Gasteiger partial charge in [0, 0.05) is 17.5 Å². The van der Waals surface area contributed by atoms with Crippen molar-refractivity contribution in [1.82, 2.24) is 4.98 Å². The number of para-hydroxylation sites is 1. The fraction of sp³-hybridized carbons (Fsp3) is 0.105. The number of carbonyl (C=O) groups excluding carboxylic acids is 1. The predicted octanol–water partition coefficient (Wildman–Crippen LogP) is 0.438. The van der Waals surface area contributed by atoms with E-state index in [4.69, 9.17) is 9.15 Å². The fourth-order valence-electron chi connectivity index (χ4n) is 2.73. The zero-order valence-electron chi connectivity index (χ0n) is 13.5. The number of halogens is 1. The van der Waals surface area contributed by atoms with E-state index in [0.717, 1.165) is 11.0 Å². The largest absolute Gasteiger partial charge is 1.00 e. The summed E-state index contributed by atoms with van der Waals surface area (Å²) in [6.45, 7) is 2.07. The zero-order chi connectivity index (χ0) is 16.5. The molecule has 0 bridgehead atoms. The van der Waals surface area contributed by atoms with Gasteiger partial charge >= 0.3 is 5.97 Å². The number of aromatic nitrogens is 2. The van der Waals surface area contributed by atoms with E-state index in [1.54, 1.807) is 6.92 Å². The van der Waals surface area contributed by atoms with Gasteiger partial charge in [-0.1, -0.05) is 18.2 Å². The van der Waals surface area contributed by atoms with Gasteiger partial charge in [-0.2, -0.15) is 4.57 Å². The van der Waals surface area contributed by atoms with Crippen LogP contribution < -0.4 is 21.5 Å². The molecule has 0 radical (unpaired) electrons. The van der Waals surface area contributed by atoms with Crippen molar-refractivity contribution in [2.75, 3.05) is 6.61 Å². The van der Waals surface area contributed by atoms with E-state index in [2.05, 4.69) is 4.98 Å². The van der Waals surface area contributed by atoms with Crippen LogP contribution in [0.4, 0.5) is 0 Å². The van der Waals surface area contributed by atoms with Gasteiger partial charge in [-0.05, 0) is 19.1 Å². The highest BCUT2D eigenvalue weighted by molar-refractivity contribution is 6.05. The van der Waals surface area contributed by atoms with E-state index < -0.39 is 5.97 Å². The maximum absolute atomic E-state index is 12.4. The second kappa shape index (κ2) is 7.03. The first-order valence-electron chi connectivity index (χ1n) is 7.74. The molecule has 0 saturated heterocycles. The molecule has 3 aromatic heterocycles. The zero-order valence-corrected chi connectivity index (χ0v) is 15.1. The summed E-state index contributed by atoms with van der Waals surface area (Å²) in [7, 11) is 0. The predicted molar refractivity (Wildman–Crippen MR) is 89.0 cm³/mol. The van der Waals surface area contributed by atoms with Gasteiger partial charge in [0.2, 0.25) is 11.4 Å². The maximum Gasteiger partial charge on any atom is 0.363 e. The normalized spacial score (nSPS) is 10.6. The van der Waals surface area contributed by atoms with Crippen LogP contribution in [0.15, 0.2) is 65.3 Å².